The lowest BCUT2D eigenvalue weighted by Gasteiger charge is -2.35. The Morgan fingerprint density at radius 3 is 2.20 bits per heavy atom. The lowest BCUT2D eigenvalue weighted by Crippen LogP contribution is -2.42. The number of likely N-dealkylation sites (tertiary alicyclic amines) is 1. The van der Waals surface area contributed by atoms with E-state index in [2.05, 4.69) is 42.9 Å². The molecule has 1 unspecified atom stereocenters. The van der Waals surface area contributed by atoms with Crippen LogP contribution in [0.3, 0.4) is 0 Å². The molecule has 0 bridgehead atoms. The summed E-state index contributed by atoms with van der Waals surface area (Å²) in [5.74, 6) is 1.08. The first-order valence-corrected chi connectivity index (χ1v) is 8.24. The van der Waals surface area contributed by atoms with Crippen molar-refractivity contribution in [1.82, 2.24) is 14.7 Å². The van der Waals surface area contributed by atoms with Crippen LogP contribution in [0.25, 0.3) is 0 Å². The Balaban J connectivity index is 1.95. The summed E-state index contributed by atoms with van der Waals surface area (Å²) in [6.07, 6.45) is 9.81. The predicted octanol–water partition coefficient (Wildman–Crippen LogP) is 2.26. The van der Waals surface area contributed by atoms with Gasteiger partial charge in [-0.3, -0.25) is 9.89 Å². The highest BCUT2D eigenvalue weighted by atomic mass is 15.3. The van der Waals surface area contributed by atoms with Crippen molar-refractivity contribution in [2.75, 3.05) is 41.3 Å². The first kappa shape index (κ1) is 15.6. The smallest absolute Gasteiger partial charge is 0.195 e. The van der Waals surface area contributed by atoms with Crippen molar-refractivity contribution in [3.63, 3.8) is 0 Å². The Kier molecular flexibility index (Phi) is 5.70. The van der Waals surface area contributed by atoms with Crippen molar-refractivity contribution in [2.24, 2.45) is 4.99 Å². The molecule has 4 heteroatoms. The molecular formula is C16H32N4. The molecule has 1 atom stereocenters. The van der Waals surface area contributed by atoms with Crippen molar-refractivity contribution >= 4 is 5.96 Å². The second-order valence-electron chi connectivity index (χ2n) is 6.76. The lowest BCUT2D eigenvalue weighted by atomic mass is 9.94. The molecule has 116 valence electrons. The van der Waals surface area contributed by atoms with Gasteiger partial charge in [-0.05, 0) is 32.2 Å². The maximum Gasteiger partial charge on any atom is 0.195 e. The summed E-state index contributed by atoms with van der Waals surface area (Å²) in [6.45, 7) is 2.26. The Bertz CT molecular complexity index is 308. The highest BCUT2D eigenvalue weighted by molar-refractivity contribution is 5.79. The molecule has 1 aliphatic carbocycles. The zero-order chi connectivity index (χ0) is 14.5. The van der Waals surface area contributed by atoms with E-state index in [1.807, 2.05) is 0 Å². The molecular weight excluding hydrogens is 248 g/mol. The zero-order valence-electron chi connectivity index (χ0n) is 13.8. The largest absolute Gasteiger partial charge is 0.349 e. The molecule has 2 aliphatic rings. The van der Waals surface area contributed by atoms with Crippen molar-refractivity contribution in [2.45, 2.75) is 57.0 Å². The van der Waals surface area contributed by atoms with E-state index in [1.54, 1.807) is 0 Å². The first-order valence-electron chi connectivity index (χ1n) is 8.24. The SMILES string of the molecule is CN(C)C(=NCC1CCCN1C1CCCCC1)N(C)C. The van der Waals surface area contributed by atoms with E-state index in [9.17, 15) is 0 Å². The van der Waals surface area contributed by atoms with Crippen LogP contribution in [0.1, 0.15) is 44.9 Å². The van der Waals surface area contributed by atoms with Gasteiger partial charge >= 0.3 is 0 Å². The average molecular weight is 280 g/mol. The lowest BCUT2D eigenvalue weighted by molar-refractivity contribution is 0.145. The van der Waals surface area contributed by atoms with Crippen LogP contribution >= 0.6 is 0 Å². The third-order valence-corrected chi connectivity index (χ3v) is 4.71. The summed E-state index contributed by atoms with van der Waals surface area (Å²) < 4.78 is 0. The summed E-state index contributed by atoms with van der Waals surface area (Å²) >= 11 is 0. The third-order valence-electron chi connectivity index (χ3n) is 4.71. The summed E-state index contributed by atoms with van der Waals surface area (Å²) in [4.78, 5) is 11.9. The second kappa shape index (κ2) is 7.30. The molecule has 0 aromatic heterocycles. The van der Waals surface area contributed by atoms with Crippen LogP contribution in [0, 0.1) is 0 Å². The summed E-state index contributed by atoms with van der Waals surface area (Å²) in [5, 5.41) is 0. The van der Waals surface area contributed by atoms with Gasteiger partial charge in [0.2, 0.25) is 0 Å². The number of guanidine groups is 1. The van der Waals surface area contributed by atoms with Crippen molar-refractivity contribution < 1.29 is 0 Å². The normalized spacial score (nSPS) is 24.7. The van der Waals surface area contributed by atoms with E-state index in [0.717, 1.165) is 18.5 Å². The van der Waals surface area contributed by atoms with Crippen LogP contribution in [0.2, 0.25) is 0 Å². The molecule has 0 aromatic carbocycles. The fourth-order valence-electron chi connectivity index (χ4n) is 3.82. The Morgan fingerprint density at radius 1 is 0.950 bits per heavy atom. The molecule has 20 heavy (non-hydrogen) atoms. The molecule has 0 aromatic rings. The first-order chi connectivity index (χ1) is 9.59. The van der Waals surface area contributed by atoms with Crippen LogP contribution in [0.4, 0.5) is 0 Å². The fourth-order valence-corrected chi connectivity index (χ4v) is 3.82. The van der Waals surface area contributed by atoms with Gasteiger partial charge in [0.25, 0.3) is 0 Å². The maximum absolute atomic E-state index is 4.88. The summed E-state index contributed by atoms with van der Waals surface area (Å²) in [7, 11) is 8.30. The van der Waals surface area contributed by atoms with Crippen LogP contribution in [-0.4, -0.2) is 74.0 Å². The minimum atomic E-state index is 0.674. The van der Waals surface area contributed by atoms with Gasteiger partial charge < -0.3 is 9.80 Å². The molecule has 0 radical (unpaired) electrons. The molecule has 2 rings (SSSR count). The highest BCUT2D eigenvalue weighted by Crippen LogP contribution is 2.29. The molecule has 2 fully saturated rings. The van der Waals surface area contributed by atoms with Crippen molar-refractivity contribution in [3.8, 4) is 0 Å². The third kappa shape index (κ3) is 3.87. The number of rotatable bonds is 3. The minimum absolute atomic E-state index is 0.674. The van der Waals surface area contributed by atoms with Gasteiger partial charge in [-0.15, -0.1) is 0 Å². The van der Waals surface area contributed by atoms with Gasteiger partial charge in [0.15, 0.2) is 5.96 Å². The zero-order valence-corrected chi connectivity index (χ0v) is 13.8. The van der Waals surface area contributed by atoms with E-state index in [-0.39, 0.29) is 0 Å². The van der Waals surface area contributed by atoms with E-state index < -0.39 is 0 Å². The topological polar surface area (TPSA) is 22.1 Å². The van der Waals surface area contributed by atoms with Crippen LogP contribution < -0.4 is 0 Å². The monoisotopic (exact) mass is 280 g/mol. The quantitative estimate of drug-likeness (QED) is 0.585. The van der Waals surface area contributed by atoms with Crippen LogP contribution in [0.15, 0.2) is 4.99 Å². The van der Waals surface area contributed by atoms with Gasteiger partial charge in [0, 0.05) is 40.3 Å². The van der Waals surface area contributed by atoms with Gasteiger partial charge in [0.1, 0.15) is 0 Å². The molecule has 0 spiro atoms. The standard InChI is InChI=1S/C16H32N4/c1-18(2)16(19(3)4)17-13-15-11-8-12-20(15)14-9-6-5-7-10-14/h14-15H,5-13H2,1-4H3. The van der Waals surface area contributed by atoms with Crippen molar-refractivity contribution in [1.29, 1.82) is 0 Å². The van der Waals surface area contributed by atoms with E-state index in [1.165, 1.54) is 51.5 Å². The van der Waals surface area contributed by atoms with Gasteiger partial charge in [0.05, 0.1) is 6.54 Å². The van der Waals surface area contributed by atoms with Gasteiger partial charge in [-0.2, -0.15) is 0 Å². The van der Waals surface area contributed by atoms with Crippen molar-refractivity contribution in [3.05, 3.63) is 0 Å². The number of nitrogens with zero attached hydrogens (tertiary/aromatic N) is 4. The maximum atomic E-state index is 4.88. The highest BCUT2D eigenvalue weighted by Gasteiger charge is 2.31. The van der Waals surface area contributed by atoms with E-state index in [4.69, 9.17) is 4.99 Å². The van der Waals surface area contributed by atoms with E-state index >= 15 is 0 Å². The van der Waals surface area contributed by atoms with Gasteiger partial charge in [-0.1, -0.05) is 19.3 Å². The predicted molar refractivity (Wildman–Crippen MR) is 86.3 cm³/mol. The Hall–Kier alpha value is -0.770. The number of hydrogen-bond donors (Lipinski definition) is 0. The second-order valence-corrected chi connectivity index (χ2v) is 6.76. The molecule has 0 amide bonds. The van der Waals surface area contributed by atoms with Crippen LogP contribution in [-0.2, 0) is 0 Å². The average Bonchev–Trinajstić information content (AvgIpc) is 2.87. The minimum Gasteiger partial charge on any atom is -0.349 e. The molecule has 4 nitrogen and oxygen atoms in total. The Labute approximate surface area is 124 Å². The Morgan fingerprint density at radius 2 is 1.60 bits per heavy atom. The summed E-state index contributed by atoms with van der Waals surface area (Å²) in [5.41, 5.74) is 0. The number of hydrogen-bond acceptors (Lipinski definition) is 2. The number of aliphatic imine (C=N–C) groups is 1. The van der Waals surface area contributed by atoms with Gasteiger partial charge in [-0.25, -0.2) is 0 Å². The molecule has 1 saturated carbocycles. The van der Waals surface area contributed by atoms with Crippen LogP contribution in [0.5, 0.6) is 0 Å². The molecule has 1 saturated heterocycles. The van der Waals surface area contributed by atoms with E-state index in [0.29, 0.717) is 6.04 Å². The molecule has 0 N–H and O–H groups in total. The molecule has 1 aliphatic heterocycles. The fraction of sp³-hybridized carbons (Fsp3) is 0.938. The molecule has 1 heterocycles. The summed E-state index contributed by atoms with van der Waals surface area (Å²) in [6, 6.07) is 1.52.